The highest BCUT2D eigenvalue weighted by Gasteiger charge is 2.27. The highest BCUT2D eigenvalue weighted by Crippen LogP contribution is 2.37. The molecule has 1 unspecified atom stereocenters. The van der Waals surface area contributed by atoms with E-state index in [1.54, 1.807) is 12.1 Å². The van der Waals surface area contributed by atoms with E-state index in [1.807, 2.05) is 54.6 Å². The SMILES string of the molecule is Nc1cccc(Oc2cccc(Oc3cccc(N)c3)c2CC2CO2)c1. The maximum atomic E-state index is 6.08. The number of anilines is 2. The molecule has 132 valence electrons. The Bertz CT molecular complexity index is 857. The number of rotatable bonds is 6. The van der Waals surface area contributed by atoms with Crippen molar-refractivity contribution in [2.75, 3.05) is 18.1 Å². The quantitative estimate of drug-likeness (QED) is 0.510. The minimum Gasteiger partial charge on any atom is -0.457 e. The summed E-state index contributed by atoms with van der Waals surface area (Å²) in [4.78, 5) is 0. The summed E-state index contributed by atoms with van der Waals surface area (Å²) in [6.07, 6.45) is 0.916. The van der Waals surface area contributed by atoms with Crippen LogP contribution >= 0.6 is 0 Å². The fourth-order valence-corrected chi connectivity index (χ4v) is 2.76. The zero-order valence-corrected chi connectivity index (χ0v) is 14.2. The lowest BCUT2D eigenvalue weighted by atomic mass is 10.1. The fraction of sp³-hybridized carbons (Fsp3) is 0.143. The summed E-state index contributed by atoms with van der Waals surface area (Å²) in [5, 5.41) is 0. The minimum atomic E-state index is 0.198. The molecule has 0 aliphatic carbocycles. The number of ether oxygens (including phenoxy) is 3. The van der Waals surface area contributed by atoms with Crippen LogP contribution in [0, 0.1) is 0 Å². The Labute approximate surface area is 152 Å². The third-order valence-electron chi connectivity index (χ3n) is 4.10. The van der Waals surface area contributed by atoms with Gasteiger partial charge < -0.3 is 25.7 Å². The van der Waals surface area contributed by atoms with Gasteiger partial charge in [-0.25, -0.2) is 0 Å². The van der Waals surface area contributed by atoms with Gasteiger partial charge in [-0.1, -0.05) is 18.2 Å². The second-order valence-corrected chi connectivity index (χ2v) is 6.24. The summed E-state index contributed by atoms with van der Waals surface area (Å²) in [7, 11) is 0. The molecule has 4 N–H and O–H groups in total. The van der Waals surface area contributed by atoms with Gasteiger partial charge in [0.1, 0.15) is 23.0 Å². The van der Waals surface area contributed by atoms with Crippen molar-refractivity contribution in [3.63, 3.8) is 0 Å². The molecule has 1 aliphatic heterocycles. The van der Waals surface area contributed by atoms with Crippen molar-refractivity contribution in [3.8, 4) is 23.0 Å². The number of nitrogens with two attached hydrogens (primary N) is 2. The molecule has 1 atom stereocenters. The number of hydrogen-bond acceptors (Lipinski definition) is 5. The van der Waals surface area contributed by atoms with Crippen LogP contribution in [0.4, 0.5) is 11.4 Å². The first-order valence-electron chi connectivity index (χ1n) is 8.48. The van der Waals surface area contributed by atoms with Gasteiger partial charge in [-0.3, -0.25) is 0 Å². The van der Waals surface area contributed by atoms with Crippen LogP contribution in [-0.4, -0.2) is 12.7 Å². The standard InChI is InChI=1S/C21H20N2O3/c22-14-4-1-6-16(10-14)25-20-8-3-9-21(19(20)12-18-13-24-18)26-17-7-2-5-15(23)11-17/h1-11,18H,12-13,22-23H2. The van der Waals surface area contributed by atoms with Gasteiger partial charge >= 0.3 is 0 Å². The largest absolute Gasteiger partial charge is 0.457 e. The Morgan fingerprint density at radius 3 is 1.77 bits per heavy atom. The van der Waals surface area contributed by atoms with Crippen LogP contribution in [0.3, 0.4) is 0 Å². The third-order valence-corrected chi connectivity index (χ3v) is 4.10. The van der Waals surface area contributed by atoms with Crippen LogP contribution in [0.1, 0.15) is 5.56 Å². The highest BCUT2D eigenvalue weighted by molar-refractivity contribution is 5.52. The summed E-state index contributed by atoms with van der Waals surface area (Å²) in [6.45, 7) is 0.754. The van der Waals surface area contributed by atoms with E-state index in [9.17, 15) is 0 Å². The monoisotopic (exact) mass is 348 g/mol. The smallest absolute Gasteiger partial charge is 0.134 e. The Hall–Kier alpha value is -3.18. The molecule has 3 aromatic rings. The lowest BCUT2D eigenvalue weighted by Crippen LogP contribution is -2.01. The van der Waals surface area contributed by atoms with E-state index in [4.69, 9.17) is 25.7 Å². The van der Waals surface area contributed by atoms with Crippen LogP contribution in [0.15, 0.2) is 66.7 Å². The molecular weight excluding hydrogens is 328 g/mol. The zero-order chi connectivity index (χ0) is 17.9. The average molecular weight is 348 g/mol. The molecule has 3 aromatic carbocycles. The van der Waals surface area contributed by atoms with Gasteiger partial charge in [0, 0.05) is 35.5 Å². The van der Waals surface area contributed by atoms with Gasteiger partial charge in [-0.05, 0) is 36.4 Å². The topological polar surface area (TPSA) is 83.0 Å². The number of epoxide rings is 1. The molecule has 4 rings (SSSR count). The molecule has 1 aliphatic rings. The molecule has 26 heavy (non-hydrogen) atoms. The summed E-state index contributed by atoms with van der Waals surface area (Å²) in [6, 6.07) is 20.5. The van der Waals surface area contributed by atoms with Gasteiger partial charge in [0.25, 0.3) is 0 Å². The minimum absolute atomic E-state index is 0.198. The lowest BCUT2D eigenvalue weighted by Gasteiger charge is -2.16. The van der Waals surface area contributed by atoms with E-state index in [0.29, 0.717) is 22.9 Å². The molecule has 5 heteroatoms. The van der Waals surface area contributed by atoms with Crippen LogP contribution in [0.25, 0.3) is 0 Å². The van der Waals surface area contributed by atoms with Crippen molar-refractivity contribution in [2.45, 2.75) is 12.5 Å². The van der Waals surface area contributed by atoms with E-state index >= 15 is 0 Å². The van der Waals surface area contributed by atoms with Crippen molar-refractivity contribution in [1.29, 1.82) is 0 Å². The van der Waals surface area contributed by atoms with Crippen molar-refractivity contribution < 1.29 is 14.2 Å². The molecule has 0 aromatic heterocycles. The first kappa shape index (κ1) is 16.3. The summed E-state index contributed by atoms with van der Waals surface area (Å²) >= 11 is 0. The highest BCUT2D eigenvalue weighted by atomic mass is 16.6. The maximum Gasteiger partial charge on any atom is 0.134 e. The first-order valence-corrected chi connectivity index (χ1v) is 8.48. The number of hydrogen-bond donors (Lipinski definition) is 2. The van der Waals surface area contributed by atoms with Crippen molar-refractivity contribution in [2.24, 2.45) is 0 Å². The fourth-order valence-electron chi connectivity index (χ4n) is 2.76. The van der Waals surface area contributed by atoms with E-state index in [0.717, 1.165) is 30.1 Å². The third kappa shape index (κ3) is 3.90. The molecule has 1 fully saturated rings. The van der Waals surface area contributed by atoms with E-state index in [-0.39, 0.29) is 6.10 Å². The predicted molar refractivity (Wildman–Crippen MR) is 102 cm³/mol. The number of benzene rings is 3. The van der Waals surface area contributed by atoms with Crippen molar-refractivity contribution >= 4 is 11.4 Å². The molecule has 5 nitrogen and oxygen atoms in total. The van der Waals surface area contributed by atoms with Crippen molar-refractivity contribution in [3.05, 3.63) is 72.3 Å². The van der Waals surface area contributed by atoms with Crippen LogP contribution < -0.4 is 20.9 Å². The molecule has 0 bridgehead atoms. The maximum absolute atomic E-state index is 6.08. The lowest BCUT2D eigenvalue weighted by molar-refractivity contribution is 0.396. The van der Waals surface area contributed by atoms with Crippen LogP contribution in [-0.2, 0) is 11.2 Å². The van der Waals surface area contributed by atoms with Crippen LogP contribution in [0.2, 0.25) is 0 Å². The van der Waals surface area contributed by atoms with E-state index in [2.05, 4.69) is 0 Å². The molecule has 1 heterocycles. The summed E-state index contributed by atoms with van der Waals surface area (Å²) in [5.41, 5.74) is 14.0. The second-order valence-electron chi connectivity index (χ2n) is 6.24. The molecule has 0 spiro atoms. The second kappa shape index (κ2) is 6.98. The van der Waals surface area contributed by atoms with Gasteiger partial charge in [0.2, 0.25) is 0 Å². The van der Waals surface area contributed by atoms with Gasteiger partial charge in [-0.2, -0.15) is 0 Å². The molecular formula is C21H20N2O3. The normalized spacial score (nSPS) is 15.5. The van der Waals surface area contributed by atoms with Gasteiger partial charge in [-0.15, -0.1) is 0 Å². The number of nitrogen functional groups attached to an aromatic ring is 2. The predicted octanol–water partition coefficient (Wildman–Crippen LogP) is 4.38. The summed E-state index contributed by atoms with van der Waals surface area (Å²) < 4.78 is 17.6. The molecule has 0 saturated carbocycles. The molecule has 0 radical (unpaired) electrons. The molecule has 0 amide bonds. The first-order chi connectivity index (χ1) is 12.7. The Morgan fingerprint density at radius 2 is 1.31 bits per heavy atom. The Kier molecular flexibility index (Phi) is 4.37. The van der Waals surface area contributed by atoms with Gasteiger partial charge in [0.15, 0.2) is 0 Å². The average Bonchev–Trinajstić information content (AvgIpc) is 3.42. The Morgan fingerprint density at radius 1 is 0.808 bits per heavy atom. The van der Waals surface area contributed by atoms with E-state index < -0.39 is 0 Å². The van der Waals surface area contributed by atoms with Crippen molar-refractivity contribution in [1.82, 2.24) is 0 Å². The zero-order valence-electron chi connectivity index (χ0n) is 14.2. The summed E-state index contributed by atoms with van der Waals surface area (Å²) in [5.74, 6) is 2.83. The Balaban J connectivity index is 1.67. The van der Waals surface area contributed by atoms with Gasteiger partial charge in [0.05, 0.1) is 12.7 Å². The molecule has 1 saturated heterocycles. The van der Waals surface area contributed by atoms with E-state index in [1.165, 1.54) is 0 Å². The van der Waals surface area contributed by atoms with Crippen LogP contribution in [0.5, 0.6) is 23.0 Å².